The van der Waals surface area contributed by atoms with Gasteiger partial charge in [0.25, 0.3) is 5.91 Å². The van der Waals surface area contributed by atoms with E-state index in [4.69, 9.17) is 0 Å². The molecule has 0 radical (unpaired) electrons. The molecule has 0 saturated carbocycles. The molecular formula is C21H24N4OS. The molecule has 1 N–H and O–H groups in total. The van der Waals surface area contributed by atoms with Gasteiger partial charge in [-0.15, -0.1) is 11.3 Å². The Morgan fingerprint density at radius 2 is 1.74 bits per heavy atom. The highest BCUT2D eigenvalue weighted by Gasteiger charge is 2.17. The number of piperazine rings is 1. The molecule has 1 amide bonds. The molecule has 1 saturated heterocycles. The van der Waals surface area contributed by atoms with Gasteiger partial charge in [-0.3, -0.25) is 9.69 Å². The summed E-state index contributed by atoms with van der Waals surface area (Å²) in [7, 11) is 0. The minimum atomic E-state index is -0.0647. The molecule has 1 aliphatic rings. The zero-order chi connectivity index (χ0) is 18.5. The van der Waals surface area contributed by atoms with Crippen molar-refractivity contribution < 1.29 is 4.79 Å². The largest absolute Gasteiger partial charge is 0.369 e. The van der Waals surface area contributed by atoms with E-state index in [1.165, 1.54) is 17.0 Å². The third-order valence-corrected chi connectivity index (χ3v) is 5.95. The summed E-state index contributed by atoms with van der Waals surface area (Å²) in [6.45, 7) is 5.96. The van der Waals surface area contributed by atoms with E-state index in [1.807, 2.05) is 24.3 Å². The van der Waals surface area contributed by atoms with Crippen LogP contribution in [-0.2, 0) is 0 Å². The van der Waals surface area contributed by atoms with E-state index in [-0.39, 0.29) is 5.91 Å². The number of benzene rings is 2. The quantitative estimate of drug-likeness (QED) is 0.667. The molecule has 2 aromatic carbocycles. The van der Waals surface area contributed by atoms with Crippen LogP contribution < -0.4 is 10.2 Å². The fourth-order valence-electron chi connectivity index (χ4n) is 3.42. The molecule has 1 fully saturated rings. The van der Waals surface area contributed by atoms with Gasteiger partial charge in [0.1, 0.15) is 0 Å². The number of para-hydroxylation sites is 2. The number of amides is 1. The lowest BCUT2D eigenvalue weighted by Crippen LogP contribution is -2.47. The molecule has 0 unspecified atom stereocenters. The number of thiazole rings is 1. The van der Waals surface area contributed by atoms with Crippen LogP contribution in [0.4, 0.5) is 5.69 Å². The summed E-state index contributed by atoms with van der Waals surface area (Å²) in [4.78, 5) is 21.6. The van der Waals surface area contributed by atoms with Crippen molar-refractivity contribution >= 4 is 33.1 Å². The summed E-state index contributed by atoms with van der Waals surface area (Å²) >= 11 is 1.45. The molecule has 27 heavy (non-hydrogen) atoms. The van der Waals surface area contributed by atoms with Crippen LogP contribution in [0.3, 0.4) is 0 Å². The number of fused-ring (bicyclic) bond motifs is 1. The molecule has 0 bridgehead atoms. The zero-order valence-electron chi connectivity index (χ0n) is 15.3. The van der Waals surface area contributed by atoms with E-state index in [9.17, 15) is 4.79 Å². The van der Waals surface area contributed by atoms with Crippen LogP contribution in [0.5, 0.6) is 0 Å². The molecule has 1 aromatic heterocycles. The lowest BCUT2D eigenvalue weighted by atomic mass is 10.2. The Morgan fingerprint density at radius 3 is 2.52 bits per heavy atom. The van der Waals surface area contributed by atoms with E-state index >= 15 is 0 Å². The maximum atomic E-state index is 12.3. The van der Waals surface area contributed by atoms with Crippen molar-refractivity contribution in [3.63, 3.8) is 0 Å². The van der Waals surface area contributed by atoms with Crippen molar-refractivity contribution in [2.75, 3.05) is 44.2 Å². The second-order valence-corrected chi connectivity index (χ2v) is 7.79. The summed E-state index contributed by atoms with van der Waals surface area (Å²) in [5.74, 6) is -0.0647. The topological polar surface area (TPSA) is 48.5 Å². The van der Waals surface area contributed by atoms with Crippen molar-refractivity contribution in [3.8, 4) is 0 Å². The molecule has 4 rings (SSSR count). The number of hydrogen-bond acceptors (Lipinski definition) is 5. The Morgan fingerprint density at radius 1 is 1.00 bits per heavy atom. The smallest absolute Gasteiger partial charge is 0.280 e. The average Bonchev–Trinajstić information content (AvgIpc) is 3.17. The average molecular weight is 381 g/mol. The third kappa shape index (κ3) is 4.46. The zero-order valence-corrected chi connectivity index (χ0v) is 16.1. The van der Waals surface area contributed by atoms with Crippen LogP contribution in [0, 0.1) is 0 Å². The highest BCUT2D eigenvalue weighted by molar-refractivity contribution is 7.20. The number of carbonyl (C=O) groups excluding carboxylic acids is 1. The summed E-state index contributed by atoms with van der Waals surface area (Å²) in [6.07, 6.45) is 0.960. The standard InChI is InChI=1S/C21H24N4OS/c26-20(21-23-18-9-4-5-10-19(18)27-21)22-11-6-12-24-13-15-25(16-14-24)17-7-2-1-3-8-17/h1-5,7-10H,6,11-16H2,(H,22,26). The van der Waals surface area contributed by atoms with Gasteiger partial charge in [0.05, 0.1) is 10.2 Å². The lowest BCUT2D eigenvalue weighted by Gasteiger charge is -2.36. The van der Waals surface area contributed by atoms with Gasteiger partial charge in [-0.25, -0.2) is 4.98 Å². The van der Waals surface area contributed by atoms with Gasteiger partial charge in [-0.2, -0.15) is 0 Å². The first-order chi connectivity index (χ1) is 13.3. The van der Waals surface area contributed by atoms with E-state index in [1.54, 1.807) is 0 Å². The first kappa shape index (κ1) is 17.9. The van der Waals surface area contributed by atoms with Crippen LogP contribution in [-0.4, -0.2) is 55.1 Å². The maximum absolute atomic E-state index is 12.3. The number of aromatic nitrogens is 1. The Kier molecular flexibility index (Phi) is 5.65. The van der Waals surface area contributed by atoms with Gasteiger partial charge in [0, 0.05) is 38.4 Å². The van der Waals surface area contributed by atoms with Crippen molar-refractivity contribution in [3.05, 3.63) is 59.6 Å². The Bertz CT molecular complexity index is 854. The summed E-state index contributed by atoms with van der Waals surface area (Å²) in [5.41, 5.74) is 2.20. The lowest BCUT2D eigenvalue weighted by molar-refractivity contribution is 0.0951. The predicted molar refractivity (Wildman–Crippen MR) is 112 cm³/mol. The van der Waals surface area contributed by atoms with E-state index < -0.39 is 0 Å². The van der Waals surface area contributed by atoms with Gasteiger partial charge in [0.15, 0.2) is 5.01 Å². The van der Waals surface area contributed by atoms with Gasteiger partial charge in [0.2, 0.25) is 0 Å². The molecule has 1 aliphatic heterocycles. The van der Waals surface area contributed by atoms with E-state index in [2.05, 4.69) is 50.4 Å². The Hall–Kier alpha value is -2.44. The number of nitrogens with one attached hydrogen (secondary N) is 1. The van der Waals surface area contributed by atoms with Crippen LogP contribution in [0.15, 0.2) is 54.6 Å². The molecule has 6 heteroatoms. The normalized spacial score (nSPS) is 15.2. The third-order valence-electron chi connectivity index (χ3n) is 4.92. The fraction of sp³-hybridized carbons (Fsp3) is 0.333. The summed E-state index contributed by atoms with van der Waals surface area (Å²) in [6, 6.07) is 18.5. The van der Waals surface area contributed by atoms with Crippen LogP contribution in [0.25, 0.3) is 10.2 Å². The Labute approximate surface area is 163 Å². The summed E-state index contributed by atoms with van der Waals surface area (Å²) in [5, 5.41) is 3.55. The van der Waals surface area contributed by atoms with Gasteiger partial charge < -0.3 is 10.2 Å². The number of carbonyl (C=O) groups is 1. The van der Waals surface area contributed by atoms with Crippen LogP contribution >= 0.6 is 11.3 Å². The van der Waals surface area contributed by atoms with Crippen LogP contribution in [0.1, 0.15) is 16.2 Å². The number of hydrogen-bond donors (Lipinski definition) is 1. The molecular weight excluding hydrogens is 356 g/mol. The van der Waals surface area contributed by atoms with E-state index in [0.29, 0.717) is 11.6 Å². The summed E-state index contributed by atoms with van der Waals surface area (Å²) < 4.78 is 1.05. The number of rotatable bonds is 6. The van der Waals surface area contributed by atoms with Gasteiger partial charge >= 0.3 is 0 Å². The minimum absolute atomic E-state index is 0.0647. The van der Waals surface area contributed by atoms with E-state index in [0.717, 1.165) is 49.4 Å². The molecule has 5 nitrogen and oxygen atoms in total. The molecule has 0 atom stereocenters. The maximum Gasteiger partial charge on any atom is 0.280 e. The minimum Gasteiger partial charge on any atom is -0.369 e. The van der Waals surface area contributed by atoms with Gasteiger partial charge in [-0.1, -0.05) is 30.3 Å². The molecule has 0 spiro atoms. The monoisotopic (exact) mass is 380 g/mol. The molecule has 140 valence electrons. The SMILES string of the molecule is O=C(NCCCN1CCN(c2ccccc2)CC1)c1nc2ccccc2s1. The molecule has 3 aromatic rings. The van der Waals surface area contributed by atoms with Crippen molar-refractivity contribution in [2.45, 2.75) is 6.42 Å². The van der Waals surface area contributed by atoms with Crippen LogP contribution in [0.2, 0.25) is 0 Å². The predicted octanol–water partition coefficient (Wildman–Crippen LogP) is 3.24. The number of nitrogens with zero attached hydrogens (tertiary/aromatic N) is 3. The second kappa shape index (κ2) is 8.50. The molecule has 0 aliphatic carbocycles. The first-order valence-electron chi connectivity index (χ1n) is 9.46. The first-order valence-corrected chi connectivity index (χ1v) is 10.3. The second-order valence-electron chi connectivity index (χ2n) is 6.76. The van der Waals surface area contributed by atoms with Gasteiger partial charge in [-0.05, 0) is 37.2 Å². The molecule has 2 heterocycles. The van der Waals surface area contributed by atoms with Crippen molar-refractivity contribution in [1.82, 2.24) is 15.2 Å². The highest BCUT2D eigenvalue weighted by Crippen LogP contribution is 2.21. The highest BCUT2D eigenvalue weighted by atomic mass is 32.1. The van der Waals surface area contributed by atoms with Crippen molar-refractivity contribution in [2.24, 2.45) is 0 Å². The Balaban J connectivity index is 1.18. The fourth-order valence-corrected chi connectivity index (χ4v) is 4.30. The number of anilines is 1. The van der Waals surface area contributed by atoms with Crippen molar-refractivity contribution in [1.29, 1.82) is 0 Å².